The van der Waals surface area contributed by atoms with E-state index in [0.29, 0.717) is 34.5 Å². The van der Waals surface area contributed by atoms with E-state index in [-0.39, 0.29) is 0 Å². The van der Waals surface area contributed by atoms with Crippen LogP contribution in [-0.4, -0.2) is 24.9 Å². The largest absolute Gasteiger partial charge is 0.454 e. The molecule has 0 aliphatic heterocycles. The Morgan fingerprint density at radius 1 is 0.389 bits per heavy atom. The van der Waals surface area contributed by atoms with E-state index in [4.69, 9.17) is 28.8 Å². The number of pyridine rings is 1. The highest BCUT2D eigenvalue weighted by atomic mass is 16.4. The van der Waals surface area contributed by atoms with Crippen molar-refractivity contribution < 1.29 is 8.83 Å². The summed E-state index contributed by atoms with van der Waals surface area (Å²) in [6.45, 7) is 0. The van der Waals surface area contributed by atoms with Crippen LogP contribution < -0.4 is 0 Å². The Kier molecular flexibility index (Phi) is 6.72. The number of rotatable bonds is 5. The van der Waals surface area contributed by atoms with Gasteiger partial charge in [-0.25, -0.2) is 19.9 Å². The highest BCUT2D eigenvalue weighted by Crippen LogP contribution is 2.40. The number of hydrogen-bond donors (Lipinski definition) is 0. The van der Waals surface area contributed by atoms with Crippen LogP contribution in [0.4, 0.5) is 0 Å². The Morgan fingerprint density at radius 2 is 1.07 bits per heavy atom. The van der Waals surface area contributed by atoms with Gasteiger partial charge in [-0.3, -0.25) is 4.98 Å². The lowest BCUT2D eigenvalue weighted by atomic mass is 9.94. The second-order valence-electron chi connectivity index (χ2n) is 13.3. The summed E-state index contributed by atoms with van der Waals surface area (Å²) in [5.74, 6) is 2.30. The van der Waals surface area contributed by atoms with Crippen LogP contribution in [0, 0.1) is 0 Å². The molecule has 0 fully saturated rings. The van der Waals surface area contributed by atoms with Gasteiger partial charge in [0.15, 0.2) is 34.2 Å². The van der Waals surface area contributed by atoms with Crippen molar-refractivity contribution in [1.82, 2.24) is 24.9 Å². The number of oxazole rings is 1. The van der Waals surface area contributed by atoms with Gasteiger partial charge < -0.3 is 8.83 Å². The summed E-state index contributed by atoms with van der Waals surface area (Å²) < 4.78 is 12.7. The molecule has 0 aliphatic rings. The molecule has 252 valence electrons. The average Bonchev–Trinajstić information content (AvgIpc) is 3.85. The third-order valence-electron chi connectivity index (χ3n) is 10.1. The van der Waals surface area contributed by atoms with Crippen molar-refractivity contribution in [3.63, 3.8) is 0 Å². The zero-order valence-corrected chi connectivity index (χ0v) is 28.6. The van der Waals surface area contributed by atoms with Crippen LogP contribution in [-0.2, 0) is 0 Å². The van der Waals surface area contributed by atoms with Crippen LogP contribution in [0.15, 0.2) is 173 Å². The van der Waals surface area contributed by atoms with Gasteiger partial charge in [-0.2, -0.15) is 0 Å². The maximum absolute atomic E-state index is 6.41. The number of nitrogens with zero attached hydrogens (tertiary/aromatic N) is 5. The normalized spacial score (nSPS) is 11.7. The van der Waals surface area contributed by atoms with E-state index in [1.165, 1.54) is 0 Å². The second kappa shape index (κ2) is 12.0. The Morgan fingerprint density at radius 3 is 1.94 bits per heavy atom. The summed E-state index contributed by atoms with van der Waals surface area (Å²) in [5, 5.41) is 6.39. The number of aromatic nitrogens is 5. The zero-order chi connectivity index (χ0) is 35.6. The maximum Gasteiger partial charge on any atom is 0.228 e. The topological polar surface area (TPSA) is 90.7 Å². The lowest BCUT2D eigenvalue weighted by molar-refractivity contribution is 0.620. The fraction of sp³-hybridized carbons (Fsp3) is 0. The molecule has 0 spiro atoms. The van der Waals surface area contributed by atoms with Crippen molar-refractivity contribution in [2.75, 3.05) is 0 Å². The molecule has 4 heterocycles. The lowest BCUT2D eigenvalue weighted by Gasteiger charge is -2.12. The van der Waals surface area contributed by atoms with Crippen molar-refractivity contribution in [3.05, 3.63) is 164 Å². The molecule has 0 atom stereocenters. The Labute approximate surface area is 308 Å². The summed E-state index contributed by atoms with van der Waals surface area (Å²) in [6, 6.07) is 51.4. The molecule has 0 saturated heterocycles. The van der Waals surface area contributed by atoms with Gasteiger partial charge in [0.25, 0.3) is 0 Å². The standard InChI is InChI=1S/C47H27N5O2/c1-2-15-32-28(10-1)11-8-19-38(32)46-51-44(50-45(52-46)31-14-9-25-48-27-31)30-13-7-12-29(26-30)33-21-22-39(35-17-4-3-16-34(33)35)47-49-42-41(54-47)24-23-37-36-18-5-6-20-40(36)53-43(37)42/h1-27H. The first-order chi connectivity index (χ1) is 26.7. The van der Waals surface area contributed by atoms with E-state index in [1.807, 2.05) is 72.8 Å². The molecule has 0 unspecified atom stereocenters. The predicted octanol–water partition coefficient (Wildman–Crippen LogP) is 11.9. The Bertz CT molecular complexity index is 3230. The highest BCUT2D eigenvalue weighted by Gasteiger charge is 2.19. The SMILES string of the molecule is c1cncc(-c2nc(-c3cccc(-c4ccc(-c5nc6c(ccc7c8ccccc8oc76)o5)c5ccccc45)c3)nc(-c3cccc4ccccc34)n2)c1. The summed E-state index contributed by atoms with van der Waals surface area (Å²) >= 11 is 0. The van der Waals surface area contributed by atoms with Crippen LogP contribution in [0.5, 0.6) is 0 Å². The molecule has 7 nitrogen and oxygen atoms in total. The van der Waals surface area contributed by atoms with Gasteiger partial charge in [0.1, 0.15) is 5.58 Å². The minimum Gasteiger partial charge on any atom is -0.454 e. The van der Waals surface area contributed by atoms with E-state index >= 15 is 0 Å². The molecule has 7 aromatic carbocycles. The number of para-hydroxylation sites is 1. The van der Waals surface area contributed by atoms with Crippen LogP contribution in [0.1, 0.15) is 0 Å². The molecule has 0 bridgehead atoms. The molecular weight excluding hydrogens is 667 g/mol. The fourth-order valence-corrected chi connectivity index (χ4v) is 7.52. The third kappa shape index (κ3) is 4.87. The van der Waals surface area contributed by atoms with Gasteiger partial charge in [-0.15, -0.1) is 0 Å². The highest BCUT2D eigenvalue weighted by molar-refractivity contribution is 6.13. The van der Waals surface area contributed by atoms with Crippen LogP contribution in [0.3, 0.4) is 0 Å². The molecule has 11 aromatic rings. The lowest BCUT2D eigenvalue weighted by Crippen LogP contribution is -2.01. The van der Waals surface area contributed by atoms with Crippen molar-refractivity contribution in [3.8, 4) is 56.7 Å². The fourth-order valence-electron chi connectivity index (χ4n) is 7.52. The first kappa shape index (κ1) is 30.1. The smallest absolute Gasteiger partial charge is 0.228 e. The van der Waals surface area contributed by atoms with Crippen molar-refractivity contribution >= 4 is 54.6 Å². The maximum atomic E-state index is 6.41. The molecule has 0 amide bonds. The quantitative estimate of drug-likeness (QED) is 0.177. The van der Waals surface area contributed by atoms with E-state index < -0.39 is 0 Å². The van der Waals surface area contributed by atoms with Crippen LogP contribution >= 0.6 is 0 Å². The molecule has 54 heavy (non-hydrogen) atoms. The Hall–Kier alpha value is -7.51. The second-order valence-corrected chi connectivity index (χ2v) is 13.3. The minimum atomic E-state index is 0.545. The molecule has 0 N–H and O–H groups in total. The number of benzene rings is 7. The molecule has 0 aliphatic carbocycles. The van der Waals surface area contributed by atoms with Gasteiger partial charge in [0, 0.05) is 45.4 Å². The van der Waals surface area contributed by atoms with E-state index in [1.54, 1.807) is 12.4 Å². The zero-order valence-electron chi connectivity index (χ0n) is 28.6. The van der Waals surface area contributed by atoms with Crippen LogP contribution in [0.25, 0.3) is 111 Å². The number of hydrogen-bond acceptors (Lipinski definition) is 7. The van der Waals surface area contributed by atoms with Crippen LogP contribution in [0.2, 0.25) is 0 Å². The van der Waals surface area contributed by atoms with E-state index in [0.717, 1.165) is 76.9 Å². The summed E-state index contributed by atoms with van der Waals surface area (Å²) in [6.07, 6.45) is 3.53. The van der Waals surface area contributed by atoms with Crippen molar-refractivity contribution in [1.29, 1.82) is 0 Å². The van der Waals surface area contributed by atoms with Gasteiger partial charge in [-0.05, 0) is 75.1 Å². The summed E-state index contributed by atoms with van der Waals surface area (Å²) in [5.41, 5.74) is 8.61. The van der Waals surface area contributed by atoms with Gasteiger partial charge >= 0.3 is 0 Å². The Balaban J connectivity index is 1.04. The van der Waals surface area contributed by atoms with E-state index in [2.05, 4.69) is 83.8 Å². The molecule has 7 heteroatoms. The number of furan rings is 1. The minimum absolute atomic E-state index is 0.545. The molecule has 4 aromatic heterocycles. The van der Waals surface area contributed by atoms with Gasteiger partial charge in [-0.1, -0.05) is 109 Å². The van der Waals surface area contributed by atoms with Gasteiger partial charge in [0.05, 0.1) is 0 Å². The van der Waals surface area contributed by atoms with E-state index in [9.17, 15) is 0 Å². The molecule has 0 radical (unpaired) electrons. The summed E-state index contributed by atoms with van der Waals surface area (Å²) in [7, 11) is 0. The monoisotopic (exact) mass is 693 g/mol. The summed E-state index contributed by atoms with van der Waals surface area (Å²) in [4.78, 5) is 24.4. The first-order valence-electron chi connectivity index (χ1n) is 17.7. The third-order valence-corrected chi connectivity index (χ3v) is 10.1. The molecule has 11 rings (SSSR count). The molecule has 0 saturated carbocycles. The van der Waals surface area contributed by atoms with Crippen molar-refractivity contribution in [2.24, 2.45) is 0 Å². The number of fused-ring (bicyclic) bond motifs is 7. The first-order valence-corrected chi connectivity index (χ1v) is 17.7. The predicted molar refractivity (Wildman–Crippen MR) is 215 cm³/mol. The van der Waals surface area contributed by atoms with Gasteiger partial charge in [0.2, 0.25) is 5.89 Å². The molecular formula is C47H27N5O2. The average molecular weight is 694 g/mol. The van der Waals surface area contributed by atoms with Crippen molar-refractivity contribution in [2.45, 2.75) is 0 Å².